The first kappa shape index (κ1) is 21.5. The molecule has 2 aliphatic heterocycles. The number of aliphatic imine (C=N–C) groups is 1. The van der Waals surface area contributed by atoms with Gasteiger partial charge in [-0.1, -0.05) is 23.7 Å². The second-order valence-electron chi connectivity index (χ2n) is 6.47. The summed E-state index contributed by atoms with van der Waals surface area (Å²) in [5, 5.41) is 0.837. The van der Waals surface area contributed by atoms with Crippen molar-refractivity contribution in [2.75, 3.05) is 70.5 Å². The van der Waals surface area contributed by atoms with Crippen LogP contribution in [0.5, 0.6) is 0 Å². The summed E-state index contributed by atoms with van der Waals surface area (Å²) in [7, 11) is 0. The minimum atomic E-state index is 0. The molecule has 2 N–H and O–H groups in total. The summed E-state index contributed by atoms with van der Waals surface area (Å²) in [5.74, 6) is 0.659. The number of nitrogens with zero attached hydrogens (tertiary/aromatic N) is 4. The zero-order chi connectivity index (χ0) is 17.5. The molecule has 2 aliphatic rings. The van der Waals surface area contributed by atoms with Gasteiger partial charge in [0.15, 0.2) is 5.96 Å². The lowest BCUT2D eigenvalue weighted by Gasteiger charge is -2.36. The number of ether oxygens (including phenoxy) is 1. The molecule has 0 saturated carbocycles. The van der Waals surface area contributed by atoms with Gasteiger partial charge in [-0.15, -0.1) is 24.0 Å². The van der Waals surface area contributed by atoms with Crippen LogP contribution in [0, 0.1) is 0 Å². The van der Waals surface area contributed by atoms with E-state index in [1.165, 1.54) is 0 Å². The minimum Gasteiger partial charge on any atom is -0.378 e. The Morgan fingerprint density at radius 2 is 1.77 bits per heavy atom. The van der Waals surface area contributed by atoms with Gasteiger partial charge in [-0.2, -0.15) is 0 Å². The zero-order valence-electron chi connectivity index (χ0n) is 15.1. The van der Waals surface area contributed by atoms with Gasteiger partial charge in [0, 0.05) is 52.4 Å². The predicted molar refractivity (Wildman–Crippen MR) is 119 cm³/mol. The molecular formula is C18H29ClIN5O. The number of rotatable bonds is 5. The largest absolute Gasteiger partial charge is 0.378 e. The van der Waals surface area contributed by atoms with E-state index in [-0.39, 0.29) is 24.0 Å². The molecule has 0 aliphatic carbocycles. The third-order valence-corrected chi connectivity index (χ3v) is 5.13. The minimum absolute atomic E-state index is 0. The number of guanidine groups is 1. The number of nitrogens with two attached hydrogens (primary N) is 1. The smallest absolute Gasteiger partial charge is 0.191 e. The fourth-order valence-corrected chi connectivity index (χ4v) is 3.56. The van der Waals surface area contributed by atoms with Crippen LogP contribution < -0.4 is 10.6 Å². The highest BCUT2D eigenvalue weighted by molar-refractivity contribution is 14.0. The molecule has 3 rings (SSSR count). The summed E-state index contributed by atoms with van der Waals surface area (Å²) in [4.78, 5) is 11.5. The van der Waals surface area contributed by atoms with Crippen LogP contribution in [0.15, 0.2) is 29.3 Å². The Morgan fingerprint density at radius 1 is 1.08 bits per heavy atom. The van der Waals surface area contributed by atoms with E-state index in [9.17, 15) is 0 Å². The molecule has 6 nitrogen and oxygen atoms in total. The molecule has 2 heterocycles. The third-order valence-electron chi connectivity index (χ3n) is 4.81. The molecule has 0 radical (unpaired) electrons. The van der Waals surface area contributed by atoms with E-state index >= 15 is 0 Å². The fourth-order valence-electron chi connectivity index (χ4n) is 3.30. The number of halogens is 2. The van der Waals surface area contributed by atoms with Crippen LogP contribution in [0.3, 0.4) is 0 Å². The summed E-state index contributed by atoms with van der Waals surface area (Å²) in [6.07, 6.45) is 1.04. The van der Waals surface area contributed by atoms with Crippen molar-refractivity contribution in [2.45, 2.75) is 6.42 Å². The van der Waals surface area contributed by atoms with E-state index in [4.69, 9.17) is 22.1 Å². The Hall–Kier alpha value is -0.770. The van der Waals surface area contributed by atoms with Gasteiger partial charge >= 0.3 is 0 Å². The fraction of sp³-hybridized carbons (Fsp3) is 0.611. The Kier molecular flexibility index (Phi) is 9.24. The molecule has 0 atom stereocenters. The Bertz CT molecular complexity index is 574. The molecule has 0 unspecified atom stereocenters. The number of hydrogen-bond donors (Lipinski definition) is 1. The normalized spacial score (nSPS) is 19.3. The average molecular weight is 494 g/mol. The molecule has 0 spiro atoms. The van der Waals surface area contributed by atoms with Gasteiger partial charge in [0.1, 0.15) is 0 Å². The molecule has 8 heteroatoms. The lowest BCUT2D eigenvalue weighted by Crippen LogP contribution is -2.47. The zero-order valence-corrected chi connectivity index (χ0v) is 18.2. The lowest BCUT2D eigenvalue weighted by atomic mass is 10.2. The van der Waals surface area contributed by atoms with Crippen LogP contribution in [0.1, 0.15) is 6.42 Å². The summed E-state index contributed by atoms with van der Waals surface area (Å²) in [6.45, 7) is 9.19. The molecule has 1 aromatic carbocycles. The van der Waals surface area contributed by atoms with E-state index in [1.807, 2.05) is 18.2 Å². The van der Waals surface area contributed by atoms with Crippen molar-refractivity contribution in [1.82, 2.24) is 9.80 Å². The van der Waals surface area contributed by atoms with Crippen molar-refractivity contribution >= 4 is 47.2 Å². The van der Waals surface area contributed by atoms with E-state index in [1.54, 1.807) is 0 Å². The highest BCUT2D eigenvalue weighted by Gasteiger charge is 2.18. The summed E-state index contributed by atoms with van der Waals surface area (Å²) in [6, 6.07) is 8.08. The average Bonchev–Trinajstić information content (AvgIpc) is 2.67. The molecule has 0 amide bonds. The van der Waals surface area contributed by atoms with Crippen LogP contribution in [-0.2, 0) is 4.74 Å². The summed E-state index contributed by atoms with van der Waals surface area (Å²) >= 11 is 6.30. The highest BCUT2D eigenvalue weighted by Crippen LogP contribution is 2.25. The second-order valence-corrected chi connectivity index (χ2v) is 6.88. The Labute approximate surface area is 178 Å². The van der Waals surface area contributed by atoms with Crippen LogP contribution >= 0.6 is 35.6 Å². The maximum atomic E-state index is 6.30. The van der Waals surface area contributed by atoms with Gasteiger partial charge in [-0.3, -0.25) is 9.89 Å². The van der Waals surface area contributed by atoms with Crippen LogP contribution in [-0.4, -0.2) is 81.3 Å². The number of morpholine rings is 1. The first-order chi connectivity index (χ1) is 12.2. The molecule has 2 saturated heterocycles. The topological polar surface area (TPSA) is 57.3 Å². The van der Waals surface area contributed by atoms with Gasteiger partial charge in [-0.05, 0) is 18.6 Å². The van der Waals surface area contributed by atoms with E-state index < -0.39 is 0 Å². The van der Waals surface area contributed by atoms with Crippen molar-refractivity contribution in [3.63, 3.8) is 0 Å². The lowest BCUT2D eigenvalue weighted by molar-refractivity contribution is 0.0674. The van der Waals surface area contributed by atoms with Crippen molar-refractivity contribution in [2.24, 2.45) is 10.7 Å². The number of anilines is 1. The number of piperazine rings is 1. The van der Waals surface area contributed by atoms with Gasteiger partial charge in [0.25, 0.3) is 0 Å². The maximum absolute atomic E-state index is 6.30. The number of hydrogen-bond acceptors (Lipinski definition) is 4. The van der Waals surface area contributed by atoms with E-state index in [0.29, 0.717) is 5.96 Å². The molecule has 2 fully saturated rings. The molecule has 1 aromatic rings. The molecule has 146 valence electrons. The first-order valence-electron chi connectivity index (χ1n) is 9.08. The molecule has 0 aromatic heterocycles. The highest BCUT2D eigenvalue weighted by atomic mass is 127. The van der Waals surface area contributed by atoms with Crippen molar-refractivity contribution in [3.05, 3.63) is 29.3 Å². The standard InChI is InChI=1S/C18H28ClN5O.HI/c19-16-4-1-2-5-17(16)23-10-8-22(9-11-23)7-3-6-21-18(20)24-12-14-25-15-13-24;/h1-2,4-5H,3,6-15H2,(H2,20,21);1H. The summed E-state index contributed by atoms with van der Waals surface area (Å²) in [5.41, 5.74) is 7.20. The SMILES string of the molecule is I.NC(=NCCCN1CCN(c2ccccc2Cl)CC1)N1CCOCC1. The van der Waals surface area contributed by atoms with E-state index in [0.717, 1.165) is 82.7 Å². The Balaban J connectivity index is 0.00000243. The van der Waals surface area contributed by atoms with Crippen LogP contribution in [0.4, 0.5) is 5.69 Å². The van der Waals surface area contributed by atoms with Gasteiger partial charge in [0.05, 0.1) is 23.9 Å². The van der Waals surface area contributed by atoms with Crippen LogP contribution in [0.2, 0.25) is 5.02 Å². The number of benzene rings is 1. The monoisotopic (exact) mass is 493 g/mol. The van der Waals surface area contributed by atoms with Gasteiger partial charge in [0.2, 0.25) is 0 Å². The van der Waals surface area contributed by atoms with Gasteiger partial charge in [-0.25, -0.2) is 0 Å². The van der Waals surface area contributed by atoms with Crippen molar-refractivity contribution in [3.8, 4) is 0 Å². The number of para-hydroxylation sites is 1. The molecule has 26 heavy (non-hydrogen) atoms. The predicted octanol–water partition coefficient (Wildman–Crippen LogP) is 2.12. The second kappa shape index (κ2) is 11.2. The maximum Gasteiger partial charge on any atom is 0.191 e. The van der Waals surface area contributed by atoms with Crippen LogP contribution in [0.25, 0.3) is 0 Å². The Morgan fingerprint density at radius 3 is 2.46 bits per heavy atom. The molecular weight excluding hydrogens is 465 g/mol. The van der Waals surface area contributed by atoms with Gasteiger partial charge < -0.3 is 20.3 Å². The molecule has 0 bridgehead atoms. The van der Waals surface area contributed by atoms with Crippen molar-refractivity contribution < 1.29 is 4.74 Å². The quantitative estimate of drug-likeness (QED) is 0.295. The first-order valence-corrected chi connectivity index (χ1v) is 9.46. The summed E-state index contributed by atoms with van der Waals surface area (Å²) < 4.78 is 5.33. The third kappa shape index (κ3) is 6.14. The van der Waals surface area contributed by atoms with Crippen molar-refractivity contribution in [1.29, 1.82) is 0 Å². The van der Waals surface area contributed by atoms with E-state index in [2.05, 4.69) is 25.8 Å².